The molecule has 0 saturated carbocycles. The normalized spacial score (nSPS) is 10.6. The van der Waals surface area contributed by atoms with Crippen molar-refractivity contribution >= 4 is 43.9 Å². The molecule has 198 valence electrons. The monoisotopic (exact) mass is 588 g/mol. The van der Waals surface area contributed by atoms with Gasteiger partial charge in [0.1, 0.15) is 23.9 Å². The SMILES string of the molecule is CCOP(=O)(CC(C)=O)OCC.CCOP(OCC)OCC.O=C(CBr)OCc1ccccc1. The van der Waals surface area contributed by atoms with E-state index in [0.29, 0.717) is 39.6 Å². The minimum absolute atomic E-state index is 0.130. The number of alkyl halides is 1. The second-order valence-corrected chi connectivity index (χ2v) is 9.90. The van der Waals surface area contributed by atoms with Gasteiger partial charge in [-0.25, -0.2) is 0 Å². The Labute approximate surface area is 213 Å². The fraction of sp³-hybridized carbons (Fsp3) is 0.636. The number of hydrogen-bond donors (Lipinski definition) is 0. The van der Waals surface area contributed by atoms with Crippen LogP contribution in [-0.2, 0) is 48.1 Å². The fourth-order valence-electron chi connectivity index (χ4n) is 2.00. The van der Waals surface area contributed by atoms with Crippen LogP contribution in [0, 0.1) is 0 Å². The third-order valence-corrected chi connectivity index (χ3v) is 7.12. The zero-order valence-corrected chi connectivity index (χ0v) is 24.4. The van der Waals surface area contributed by atoms with Crippen molar-refractivity contribution < 1.29 is 41.5 Å². The van der Waals surface area contributed by atoms with Crippen LogP contribution in [0.5, 0.6) is 0 Å². The molecule has 1 aromatic carbocycles. The quantitative estimate of drug-likeness (QED) is 0.133. The lowest BCUT2D eigenvalue weighted by molar-refractivity contribution is -0.141. The molecule has 0 aliphatic rings. The Hall–Kier alpha value is -0.700. The molecular weight excluding hydrogens is 550 g/mol. The van der Waals surface area contributed by atoms with Crippen LogP contribution >= 0.6 is 32.1 Å². The minimum Gasteiger partial charge on any atom is -0.460 e. The van der Waals surface area contributed by atoms with Crippen LogP contribution in [-0.4, -0.2) is 56.3 Å². The van der Waals surface area contributed by atoms with E-state index in [2.05, 4.69) is 15.9 Å². The van der Waals surface area contributed by atoms with Crippen molar-refractivity contribution in [3.8, 4) is 0 Å². The van der Waals surface area contributed by atoms with E-state index in [1.807, 2.05) is 51.1 Å². The van der Waals surface area contributed by atoms with Crippen molar-refractivity contribution in [1.29, 1.82) is 0 Å². The van der Waals surface area contributed by atoms with E-state index in [1.54, 1.807) is 13.8 Å². The smallest absolute Gasteiger partial charge is 0.338 e. The first-order valence-electron chi connectivity index (χ1n) is 11.0. The molecule has 9 nitrogen and oxygen atoms in total. The van der Waals surface area contributed by atoms with Crippen LogP contribution in [0.3, 0.4) is 0 Å². The van der Waals surface area contributed by atoms with Gasteiger partial charge >= 0.3 is 22.2 Å². The lowest BCUT2D eigenvalue weighted by Gasteiger charge is -2.14. The largest absolute Gasteiger partial charge is 0.460 e. The van der Waals surface area contributed by atoms with Gasteiger partial charge in [-0.15, -0.1) is 0 Å². The number of rotatable bonds is 15. The Bertz CT molecular complexity index is 653. The molecule has 1 aromatic rings. The van der Waals surface area contributed by atoms with Crippen molar-refractivity contribution in [3.63, 3.8) is 0 Å². The Balaban J connectivity index is 0. The fourth-order valence-corrected chi connectivity index (χ4v) is 4.61. The first-order chi connectivity index (χ1) is 16.2. The molecule has 0 aromatic heterocycles. The van der Waals surface area contributed by atoms with Crippen LogP contribution in [0.4, 0.5) is 0 Å². The predicted molar refractivity (Wildman–Crippen MR) is 138 cm³/mol. The molecule has 0 N–H and O–H groups in total. The minimum atomic E-state index is -3.12. The number of ether oxygens (including phenoxy) is 1. The van der Waals surface area contributed by atoms with E-state index in [4.69, 9.17) is 27.4 Å². The summed E-state index contributed by atoms with van der Waals surface area (Å²) in [4.78, 5) is 21.4. The average molecular weight is 589 g/mol. The Morgan fingerprint density at radius 1 is 0.853 bits per heavy atom. The lowest BCUT2D eigenvalue weighted by atomic mass is 10.2. The summed E-state index contributed by atoms with van der Waals surface area (Å²) >= 11 is 3.01. The number of benzene rings is 1. The first kappa shape index (κ1) is 35.5. The molecule has 34 heavy (non-hydrogen) atoms. The molecule has 0 radical (unpaired) electrons. The highest BCUT2D eigenvalue weighted by atomic mass is 79.9. The number of halogens is 1. The number of carbonyl (C=O) groups excluding carboxylic acids is 2. The number of ketones is 1. The van der Waals surface area contributed by atoms with Crippen LogP contribution in [0.15, 0.2) is 30.3 Å². The highest BCUT2D eigenvalue weighted by Crippen LogP contribution is 2.47. The van der Waals surface area contributed by atoms with Gasteiger partial charge in [-0.3, -0.25) is 14.2 Å². The highest BCUT2D eigenvalue weighted by Gasteiger charge is 2.25. The molecule has 0 aliphatic heterocycles. The Kier molecular flexibility index (Phi) is 25.0. The van der Waals surface area contributed by atoms with Gasteiger partial charge in [0.15, 0.2) is 0 Å². The van der Waals surface area contributed by atoms with Gasteiger partial charge in [-0.2, -0.15) is 0 Å². The Morgan fingerprint density at radius 2 is 1.32 bits per heavy atom. The van der Waals surface area contributed by atoms with Gasteiger partial charge in [0.05, 0.1) is 33.0 Å². The second-order valence-electron chi connectivity index (χ2n) is 6.06. The van der Waals surface area contributed by atoms with Crippen LogP contribution < -0.4 is 0 Å². The average Bonchev–Trinajstić information content (AvgIpc) is 2.79. The van der Waals surface area contributed by atoms with Crippen molar-refractivity contribution in [2.45, 2.75) is 48.1 Å². The van der Waals surface area contributed by atoms with Crippen molar-refractivity contribution in [2.24, 2.45) is 0 Å². The van der Waals surface area contributed by atoms with Gasteiger partial charge in [-0.05, 0) is 47.1 Å². The van der Waals surface area contributed by atoms with Gasteiger partial charge in [-0.1, -0.05) is 46.3 Å². The topological polar surface area (TPSA) is 107 Å². The van der Waals surface area contributed by atoms with Crippen LogP contribution in [0.1, 0.15) is 47.1 Å². The van der Waals surface area contributed by atoms with Gasteiger partial charge in [0, 0.05) is 0 Å². The molecular formula is C22H39BrO9P2. The summed E-state index contributed by atoms with van der Waals surface area (Å²) in [6.07, 6.45) is -0.130. The van der Waals surface area contributed by atoms with Crippen molar-refractivity contribution in [1.82, 2.24) is 0 Å². The van der Waals surface area contributed by atoms with Crippen molar-refractivity contribution in [3.05, 3.63) is 35.9 Å². The zero-order valence-electron chi connectivity index (χ0n) is 21.0. The summed E-state index contributed by atoms with van der Waals surface area (Å²) in [5.74, 6) is -0.418. The van der Waals surface area contributed by atoms with Gasteiger partial charge in [0.25, 0.3) is 0 Å². The summed E-state index contributed by atoms with van der Waals surface area (Å²) in [7, 11) is -4.19. The number of Topliss-reactive ketones (excluding diaryl/α,β-unsaturated/α-hetero) is 1. The van der Waals surface area contributed by atoms with Crippen LogP contribution in [0.25, 0.3) is 0 Å². The summed E-state index contributed by atoms with van der Waals surface area (Å²) in [5.41, 5.74) is 1.01. The molecule has 0 atom stereocenters. The number of hydrogen-bond acceptors (Lipinski definition) is 9. The van der Waals surface area contributed by atoms with Gasteiger partial charge < -0.3 is 27.4 Å². The summed E-state index contributed by atoms with van der Waals surface area (Å²) in [6.45, 7) is 13.4. The van der Waals surface area contributed by atoms with E-state index in [9.17, 15) is 14.2 Å². The van der Waals surface area contributed by atoms with E-state index in [-0.39, 0.29) is 23.2 Å². The van der Waals surface area contributed by atoms with E-state index in [0.717, 1.165) is 5.56 Å². The molecule has 0 fully saturated rings. The third-order valence-electron chi connectivity index (χ3n) is 3.12. The molecule has 0 unspecified atom stereocenters. The van der Waals surface area contributed by atoms with E-state index >= 15 is 0 Å². The predicted octanol–water partition coefficient (Wildman–Crippen LogP) is 6.29. The van der Waals surface area contributed by atoms with Gasteiger partial charge in [0.2, 0.25) is 0 Å². The maximum Gasteiger partial charge on any atom is 0.338 e. The molecule has 1 rings (SSSR count). The molecule has 0 amide bonds. The third kappa shape index (κ3) is 21.8. The molecule has 0 bridgehead atoms. The first-order valence-corrected chi connectivity index (χ1v) is 15.0. The molecule has 0 aliphatic carbocycles. The van der Waals surface area contributed by atoms with Crippen molar-refractivity contribution in [2.75, 3.05) is 44.5 Å². The summed E-state index contributed by atoms with van der Waals surface area (Å²) in [6, 6.07) is 9.59. The standard InChI is InChI=1S/C9H9BrO2.C7H15O4P.C6H15O3P/c10-6-9(11)12-7-8-4-2-1-3-5-8;1-4-10-12(9,11-5-2)6-7(3)8;1-4-7-10(8-5-2)9-6-3/h1-5H,6-7H2;4-6H2,1-3H3;4-6H2,1-3H3. The number of esters is 1. The maximum absolute atomic E-state index is 11.6. The highest BCUT2D eigenvalue weighted by molar-refractivity contribution is 9.09. The number of carbonyl (C=O) groups is 2. The molecule has 0 saturated heterocycles. The van der Waals surface area contributed by atoms with E-state index < -0.39 is 16.2 Å². The molecule has 0 spiro atoms. The Morgan fingerprint density at radius 3 is 1.68 bits per heavy atom. The molecule has 12 heteroatoms. The zero-order chi connectivity index (χ0) is 26.2. The van der Waals surface area contributed by atoms with E-state index in [1.165, 1.54) is 6.92 Å². The lowest BCUT2D eigenvalue weighted by Crippen LogP contribution is -2.06. The maximum atomic E-state index is 11.6. The second kappa shape index (κ2) is 24.0. The summed E-state index contributed by atoms with van der Waals surface area (Å²) < 4.78 is 41.7. The molecule has 0 heterocycles. The van der Waals surface area contributed by atoms with Crippen LogP contribution in [0.2, 0.25) is 0 Å². The summed E-state index contributed by atoms with van der Waals surface area (Å²) in [5, 5.41) is 0.250.